The summed E-state index contributed by atoms with van der Waals surface area (Å²) in [7, 11) is 0. The van der Waals surface area contributed by atoms with Gasteiger partial charge >= 0.3 is 0 Å². The normalized spacial score (nSPS) is 31.2. The molecular weight excluding hydrogens is 525 g/mol. The number of anilines is 2. The lowest BCUT2D eigenvalue weighted by Gasteiger charge is -2.24. The predicted octanol–water partition coefficient (Wildman–Crippen LogP) is 2.74. The number of aromatic nitrogens is 4. The van der Waals surface area contributed by atoms with Gasteiger partial charge in [0, 0.05) is 19.0 Å². The van der Waals surface area contributed by atoms with Crippen molar-refractivity contribution in [2.75, 3.05) is 27.7 Å². The number of fused-ring (bicyclic) bond motifs is 1. The van der Waals surface area contributed by atoms with Crippen LogP contribution in [0.3, 0.4) is 0 Å². The van der Waals surface area contributed by atoms with E-state index in [2.05, 4.69) is 20.3 Å². The zero-order valence-electron chi connectivity index (χ0n) is 17.5. The number of rotatable bonds is 5. The van der Waals surface area contributed by atoms with Crippen molar-refractivity contribution in [3.8, 4) is 0 Å². The molecule has 0 aliphatic carbocycles. The van der Waals surface area contributed by atoms with Gasteiger partial charge in [-0.15, -0.1) is 0 Å². The molecule has 2 aromatic heterocycles. The van der Waals surface area contributed by atoms with E-state index < -0.39 is 23.9 Å². The number of carbonyl (C=O) groups excluding carboxylic acids is 1. The van der Waals surface area contributed by atoms with Gasteiger partial charge in [0.05, 0.1) is 10.8 Å². The molecule has 2 aromatic rings. The summed E-state index contributed by atoms with van der Waals surface area (Å²) in [5.41, 5.74) is -1.85. The van der Waals surface area contributed by atoms with Crippen molar-refractivity contribution < 1.29 is 23.4 Å². The molecule has 170 valence electrons. The van der Waals surface area contributed by atoms with Gasteiger partial charge in [-0.2, -0.15) is 9.97 Å². The van der Waals surface area contributed by atoms with Crippen LogP contribution in [0.1, 0.15) is 39.8 Å². The van der Waals surface area contributed by atoms with Crippen molar-refractivity contribution >= 4 is 51.4 Å². The minimum absolute atomic E-state index is 0.0503. The van der Waals surface area contributed by atoms with Crippen LogP contribution in [0.25, 0.3) is 11.2 Å². The van der Waals surface area contributed by atoms with Crippen LogP contribution in [0, 0.1) is 5.92 Å². The van der Waals surface area contributed by atoms with Gasteiger partial charge in [-0.25, -0.2) is 13.8 Å². The van der Waals surface area contributed by atoms with Crippen LogP contribution in [0.5, 0.6) is 0 Å². The second-order valence-electron chi connectivity index (χ2n) is 8.48. The first-order chi connectivity index (χ1) is 14.6. The fraction of sp³-hybridized carbons (Fsp3) is 0.684. The van der Waals surface area contributed by atoms with Gasteiger partial charge < -0.3 is 14.7 Å². The summed E-state index contributed by atoms with van der Waals surface area (Å²) in [5, 5.41) is 12.9. The van der Waals surface area contributed by atoms with E-state index in [1.54, 1.807) is 36.4 Å². The number of hydrogen-bond acceptors (Lipinski definition) is 7. The Balaban J connectivity index is 1.84. The van der Waals surface area contributed by atoms with Gasteiger partial charge in [-0.3, -0.25) is 14.7 Å². The Morgan fingerprint density at radius 3 is 2.65 bits per heavy atom. The number of nitrogens with zero attached hydrogens (tertiary/aromatic N) is 5. The number of ether oxygens (including phenoxy) is 1. The van der Waals surface area contributed by atoms with E-state index in [1.165, 1.54) is 10.9 Å². The molecule has 12 heteroatoms. The Morgan fingerprint density at radius 2 is 2.06 bits per heavy atom. The summed E-state index contributed by atoms with van der Waals surface area (Å²) < 4.78 is 36.8. The Bertz CT molecular complexity index is 996. The summed E-state index contributed by atoms with van der Waals surface area (Å²) >= 11 is 1.71. The molecule has 2 N–H and O–H groups in total. The van der Waals surface area contributed by atoms with Crippen molar-refractivity contribution in [3.05, 3.63) is 6.33 Å². The van der Waals surface area contributed by atoms with E-state index in [9.17, 15) is 14.3 Å². The molecule has 2 aliphatic rings. The fourth-order valence-electron chi connectivity index (χ4n) is 3.89. The molecule has 2 aliphatic heterocycles. The van der Waals surface area contributed by atoms with Crippen LogP contribution in [-0.4, -0.2) is 65.7 Å². The predicted molar refractivity (Wildman–Crippen MR) is 119 cm³/mol. The number of imidazole rings is 1. The van der Waals surface area contributed by atoms with Crippen molar-refractivity contribution in [2.45, 2.75) is 57.5 Å². The summed E-state index contributed by atoms with van der Waals surface area (Å²) in [6, 6.07) is 0. The fourth-order valence-corrected chi connectivity index (χ4v) is 4.49. The third kappa shape index (κ3) is 3.75. The van der Waals surface area contributed by atoms with Crippen LogP contribution >= 0.6 is 22.6 Å². The SMILES string of the molecule is CC(C)C(=O)Nc1nc(N2CCCC2)c2ncn([C@@H]3O[C@](F)(CI)[C@@H](O)[C@@]3(C)F)c2n1. The number of nitrogens with one attached hydrogen (secondary N) is 1. The van der Waals surface area contributed by atoms with Crippen LogP contribution in [0.15, 0.2) is 6.33 Å². The zero-order chi connectivity index (χ0) is 22.6. The van der Waals surface area contributed by atoms with Crippen LogP contribution in [0.2, 0.25) is 0 Å². The number of hydrogen-bond donors (Lipinski definition) is 2. The van der Waals surface area contributed by atoms with E-state index in [0.717, 1.165) is 32.9 Å². The number of alkyl halides is 3. The van der Waals surface area contributed by atoms with Crippen molar-refractivity contribution in [1.29, 1.82) is 0 Å². The first-order valence-corrected chi connectivity index (χ1v) is 11.7. The molecule has 0 spiro atoms. The molecule has 0 bridgehead atoms. The highest BCUT2D eigenvalue weighted by atomic mass is 127. The average molecular weight is 550 g/mol. The van der Waals surface area contributed by atoms with E-state index in [1.807, 2.05) is 4.90 Å². The quantitative estimate of drug-likeness (QED) is 0.436. The maximum Gasteiger partial charge on any atom is 0.249 e. The van der Waals surface area contributed by atoms with Crippen molar-refractivity contribution in [1.82, 2.24) is 19.5 Å². The monoisotopic (exact) mass is 550 g/mol. The van der Waals surface area contributed by atoms with E-state index in [0.29, 0.717) is 11.3 Å². The number of aliphatic hydroxyl groups excluding tert-OH is 1. The second-order valence-corrected chi connectivity index (χ2v) is 9.24. The van der Waals surface area contributed by atoms with Crippen LogP contribution in [0.4, 0.5) is 20.5 Å². The Morgan fingerprint density at radius 1 is 1.39 bits per heavy atom. The molecular formula is C19H25F2IN6O3. The molecule has 1 amide bonds. The lowest BCUT2D eigenvalue weighted by molar-refractivity contribution is -0.167. The van der Waals surface area contributed by atoms with Gasteiger partial charge in [0.2, 0.25) is 17.7 Å². The minimum Gasteiger partial charge on any atom is -0.384 e. The summed E-state index contributed by atoms with van der Waals surface area (Å²) in [6.07, 6.45) is -0.205. The van der Waals surface area contributed by atoms with Crippen molar-refractivity contribution in [2.24, 2.45) is 5.92 Å². The largest absolute Gasteiger partial charge is 0.384 e. The lowest BCUT2D eigenvalue weighted by Crippen LogP contribution is -2.45. The molecule has 0 aromatic carbocycles. The highest BCUT2D eigenvalue weighted by Crippen LogP contribution is 2.49. The smallest absolute Gasteiger partial charge is 0.249 e. The standard InChI is InChI=1S/C19H25F2IN6O3/c1-10(2)14(29)26-17-24-12(27-6-4-5-7-27)11-13(25-17)28(9-23-11)16-18(3,20)15(30)19(21,8-22)31-16/h9-10,15-16,30H,4-8H2,1-3H3,(H,24,25,26,29)/t15-,16+,18+,19+/m0/s1. The molecule has 0 unspecified atom stereocenters. The van der Waals surface area contributed by atoms with Crippen LogP contribution in [-0.2, 0) is 9.53 Å². The molecule has 0 radical (unpaired) electrons. The highest BCUT2D eigenvalue weighted by Gasteiger charge is 2.64. The van der Waals surface area contributed by atoms with Gasteiger partial charge in [0.15, 0.2) is 35.0 Å². The molecule has 31 heavy (non-hydrogen) atoms. The summed E-state index contributed by atoms with van der Waals surface area (Å²) in [5.74, 6) is -2.55. The average Bonchev–Trinajstić information content (AvgIpc) is 3.43. The number of aliphatic hydroxyl groups is 1. The van der Waals surface area contributed by atoms with Crippen molar-refractivity contribution in [3.63, 3.8) is 0 Å². The first-order valence-electron chi connectivity index (χ1n) is 10.2. The summed E-state index contributed by atoms with van der Waals surface area (Å²) in [4.78, 5) is 27.5. The van der Waals surface area contributed by atoms with Crippen LogP contribution < -0.4 is 10.2 Å². The van der Waals surface area contributed by atoms with E-state index in [4.69, 9.17) is 4.74 Å². The molecule has 4 rings (SSSR count). The maximum atomic E-state index is 15.5. The number of amides is 1. The Labute approximate surface area is 191 Å². The third-order valence-corrected chi connectivity index (χ3v) is 6.78. The molecule has 9 nitrogen and oxygen atoms in total. The summed E-state index contributed by atoms with van der Waals surface area (Å²) in [6.45, 7) is 6.10. The second kappa shape index (κ2) is 8.03. The molecule has 2 fully saturated rings. The zero-order valence-corrected chi connectivity index (χ0v) is 19.6. The van der Waals surface area contributed by atoms with E-state index in [-0.39, 0.29) is 27.8 Å². The number of halogens is 3. The Kier molecular flexibility index (Phi) is 5.83. The number of carbonyl (C=O) groups is 1. The maximum absolute atomic E-state index is 15.5. The lowest BCUT2D eigenvalue weighted by atomic mass is 9.98. The van der Waals surface area contributed by atoms with Gasteiger partial charge in [0.25, 0.3) is 0 Å². The Hall–Kier alpha value is -1.67. The van der Waals surface area contributed by atoms with E-state index >= 15 is 4.39 Å². The molecule has 0 saturated carbocycles. The molecule has 4 atom stereocenters. The minimum atomic E-state index is -2.55. The van der Waals surface area contributed by atoms with Gasteiger partial charge in [-0.05, 0) is 19.8 Å². The highest BCUT2D eigenvalue weighted by molar-refractivity contribution is 14.1. The first kappa shape index (κ1) is 22.5. The third-order valence-electron chi connectivity index (χ3n) is 5.74. The molecule has 4 heterocycles. The van der Waals surface area contributed by atoms with Gasteiger partial charge in [0.1, 0.15) is 0 Å². The van der Waals surface area contributed by atoms with Gasteiger partial charge in [-0.1, -0.05) is 36.4 Å². The topological polar surface area (TPSA) is 105 Å². The molecule has 2 saturated heterocycles.